The summed E-state index contributed by atoms with van der Waals surface area (Å²) >= 11 is 0. The van der Waals surface area contributed by atoms with E-state index in [9.17, 15) is 0 Å². The second-order valence-electron chi connectivity index (χ2n) is 5.44. The Morgan fingerprint density at radius 1 is 1.10 bits per heavy atom. The fourth-order valence-corrected chi connectivity index (χ4v) is 2.64. The van der Waals surface area contributed by atoms with Crippen molar-refractivity contribution in [1.82, 2.24) is 10.3 Å². The molecule has 0 bridgehead atoms. The first-order valence-corrected chi connectivity index (χ1v) is 8.09. The van der Waals surface area contributed by atoms with Crippen LogP contribution in [0, 0.1) is 0 Å². The van der Waals surface area contributed by atoms with Crippen LogP contribution in [0.4, 0.5) is 5.69 Å². The van der Waals surface area contributed by atoms with Gasteiger partial charge in [0.05, 0.1) is 17.6 Å². The molecule has 3 heteroatoms. The molecule has 1 aromatic heterocycles. The number of anilines is 1. The highest BCUT2D eigenvalue weighted by Crippen LogP contribution is 2.21. The average Bonchev–Trinajstić information content (AvgIpc) is 2.49. The minimum atomic E-state index is 0.377. The van der Waals surface area contributed by atoms with Crippen molar-refractivity contribution in [2.75, 3.05) is 18.5 Å². The van der Waals surface area contributed by atoms with Crippen molar-refractivity contribution in [3.05, 3.63) is 24.0 Å². The number of nitrogens with zero attached hydrogens (tertiary/aromatic N) is 2. The predicted molar refractivity (Wildman–Crippen MR) is 88.3 cm³/mol. The highest BCUT2D eigenvalue weighted by atomic mass is 15.1. The molecule has 1 rings (SSSR count). The van der Waals surface area contributed by atoms with Crippen molar-refractivity contribution >= 4 is 5.69 Å². The number of nitrogens with one attached hydrogen (secondary N) is 1. The Morgan fingerprint density at radius 3 is 2.25 bits per heavy atom. The van der Waals surface area contributed by atoms with Crippen LogP contribution in [0.15, 0.2) is 18.3 Å². The van der Waals surface area contributed by atoms with Crippen molar-refractivity contribution in [2.45, 2.75) is 65.5 Å². The van der Waals surface area contributed by atoms with Crippen molar-refractivity contribution in [1.29, 1.82) is 0 Å². The zero-order chi connectivity index (χ0) is 15.0. The van der Waals surface area contributed by atoms with Gasteiger partial charge in [-0.3, -0.25) is 4.98 Å². The molecule has 0 aliphatic carbocycles. The van der Waals surface area contributed by atoms with E-state index in [-0.39, 0.29) is 0 Å². The lowest BCUT2D eigenvalue weighted by atomic mass is 10.1. The molecule has 0 fully saturated rings. The molecule has 1 unspecified atom stereocenters. The van der Waals surface area contributed by atoms with Crippen LogP contribution in [-0.2, 0) is 0 Å². The van der Waals surface area contributed by atoms with Gasteiger partial charge in [0.2, 0.25) is 0 Å². The lowest BCUT2D eigenvalue weighted by Crippen LogP contribution is -2.30. The van der Waals surface area contributed by atoms with Crippen LogP contribution >= 0.6 is 0 Å². The van der Waals surface area contributed by atoms with Gasteiger partial charge < -0.3 is 10.2 Å². The molecular formula is C17H31N3. The normalized spacial score (nSPS) is 12.7. The molecule has 0 spiro atoms. The number of aromatic nitrogens is 1. The molecule has 1 heterocycles. The number of pyridine rings is 1. The number of hydrogen-bond acceptors (Lipinski definition) is 3. The van der Waals surface area contributed by atoms with Crippen LogP contribution < -0.4 is 10.2 Å². The first-order chi connectivity index (χ1) is 9.67. The number of hydrogen-bond donors (Lipinski definition) is 1. The molecule has 20 heavy (non-hydrogen) atoms. The minimum Gasteiger partial charge on any atom is -0.370 e. The van der Waals surface area contributed by atoms with Crippen LogP contribution in [0.5, 0.6) is 0 Å². The standard InChI is InChI=1S/C17H31N3/c1-6-12-18-16(9-4)17-11-10-15(13-19-17)20(5)14(7-2)8-3/h10-11,13-14,16,18H,6-9,12H2,1-5H3. The van der Waals surface area contributed by atoms with E-state index in [0.29, 0.717) is 12.1 Å². The Morgan fingerprint density at radius 2 is 1.80 bits per heavy atom. The van der Waals surface area contributed by atoms with Crippen LogP contribution in [0.3, 0.4) is 0 Å². The second kappa shape index (κ2) is 8.96. The topological polar surface area (TPSA) is 28.2 Å². The SMILES string of the molecule is CCCNC(CC)c1ccc(N(C)C(CC)CC)cn1. The van der Waals surface area contributed by atoms with Crippen LogP contribution in [0.1, 0.15) is 65.1 Å². The van der Waals surface area contributed by atoms with Gasteiger partial charge in [-0.25, -0.2) is 0 Å². The molecule has 114 valence electrons. The maximum absolute atomic E-state index is 4.67. The van der Waals surface area contributed by atoms with Gasteiger partial charge in [0.25, 0.3) is 0 Å². The van der Waals surface area contributed by atoms with Crippen LogP contribution in [0.25, 0.3) is 0 Å². The summed E-state index contributed by atoms with van der Waals surface area (Å²) < 4.78 is 0. The first kappa shape index (κ1) is 17.0. The van der Waals surface area contributed by atoms with E-state index in [4.69, 9.17) is 0 Å². The zero-order valence-corrected chi connectivity index (χ0v) is 13.8. The van der Waals surface area contributed by atoms with E-state index < -0.39 is 0 Å². The van der Waals surface area contributed by atoms with Crippen molar-refractivity contribution in [3.63, 3.8) is 0 Å². The summed E-state index contributed by atoms with van der Waals surface area (Å²) in [5.41, 5.74) is 2.37. The van der Waals surface area contributed by atoms with Gasteiger partial charge in [-0.2, -0.15) is 0 Å². The van der Waals surface area contributed by atoms with E-state index in [1.165, 1.54) is 18.5 Å². The fraction of sp³-hybridized carbons (Fsp3) is 0.706. The molecule has 0 radical (unpaired) electrons. The Hall–Kier alpha value is -1.09. The Kier molecular flexibility index (Phi) is 7.60. The molecule has 0 aliphatic rings. The third kappa shape index (κ3) is 4.48. The molecule has 0 saturated heterocycles. The van der Waals surface area contributed by atoms with Gasteiger partial charge >= 0.3 is 0 Å². The van der Waals surface area contributed by atoms with Crippen molar-refractivity contribution in [2.24, 2.45) is 0 Å². The monoisotopic (exact) mass is 277 g/mol. The summed E-state index contributed by atoms with van der Waals surface area (Å²) in [7, 11) is 2.17. The molecule has 3 nitrogen and oxygen atoms in total. The summed E-state index contributed by atoms with van der Waals surface area (Å²) in [4.78, 5) is 7.02. The summed E-state index contributed by atoms with van der Waals surface area (Å²) in [5.74, 6) is 0. The van der Waals surface area contributed by atoms with Gasteiger partial charge in [-0.1, -0.05) is 27.7 Å². The highest BCUT2D eigenvalue weighted by molar-refractivity contribution is 5.45. The Bertz CT molecular complexity index is 357. The molecule has 0 saturated carbocycles. The van der Waals surface area contributed by atoms with E-state index >= 15 is 0 Å². The first-order valence-electron chi connectivity index (χ1n) is 8.09. The van der Waals surface area contributed by atoms with E-state index in [0.717, 1.165) is 25.1 Å². The lowest BCUT2D eigenvalue weighted by molar-refractivity contribution is 0.507. The minimum absolute atomic E-state index is 0.377. The van der Waals surface area contributed by atoms with Gasteiger partial charge in [0.1, 0.15) is 0 Å². The molecular weight excluding hydrogens is 246 g/mol. The molecule has 0 amide bonds. The average molecular weight is 277 g/mol. The Labute approximate surface area is 124 Å². The van der Waals surface area contributed by atoms with E-state index in [1.54, 1.807) is 0 Å². The summed E-state index contributed by atoms with van der Waals surface area (Å²) in [6.45, 7) is 9.94. The molecule has 1 N–H and O–H groups in total. The third-order valence-corrected chi connectivity index (χ3v) is 4.07. The summed E-state index contributed by atoms with van der Waals surface area (Å²) in [5, 5.41) is 3.55. The maximum Gasteiger partial charge on any atom is 0.0574 e. The van der Waals surface area contributed by atoms with Crippen LogP contribution in [0.2, 0.25) is 0 Å². The largest absolute Gasteiger partial charge is 0.370 e. The van der Waals surface area contributed by atoms with Gasteiger partial charge in [-0.05, 0) is 44.4 Å². The lowest BCUT2D eigenvalue weighted by Gasteiger charge is -2.28. The summed E-state index contributed by atoms with van der Waals surface area (Å²) in [6.07, 6.45) is 6.60. The Balaban J connectivity index is 2.76. The second-order valence-corrected chi connectivity index (χ2v) is 5.44. The predicted octanol–water partition coefficient (Wildman–Crippen LogP) is 4.16. The van der Waals surface area contributed by atoms with Crippen molar-refractivity contribution < 1.29 is 0 Å². The van der Waals surface area contributed by atoms with Gasteiger partial charge in [0.15, 0.2) is 0 Å². The van der Waals surface area contributed by atoms with Gasteiger partial charge in [-0.15, -0.1) is 0 Å². The van der Waals surface area contributed by atoms with E-state index in [2.05, 4.69) is 62.1 Å². The summed E-state index contributed by atoms with van der Waals surface area (Å²) in [6, 6.07) is 5.35. The quantitative estimate of drug-likeness (QED) is 0.734. The number of rotatable bonds is 9. The molecule has 0 aliphatic heterocycles. The smallest absolute Gasteiger partial charge is 0.0574 e. The zero-order valence-electron chi connectivity index (χ0n) is 13.8. The van der Waals surface area contributed by atoms with Gasteiger partial charge in [0, 0.05) is 19.1 Å². The van der Waals surface area contributed by atoms with Crippen molar-refractivity contribution in [3.8, 4) is 0 Å². The highest BCUT2D eigenvalue weighted by Gasteiger charge is 2.13. The molecule has 1 atom stereocenters. The molecule has 0 aromatic carbocycles. The fourth-order valence-electron chi connectivity index (χ4n) is 2.64. The molecule has 1 aromatic rings. The van der Waals surface area contributed by atoms with E-state index in [1.807, 2.05) is 6.20 Å². The van der Waals surface area contributed by atoms with Crippen LogP contribution in [-0.4, -0.2) is 24.6 Å². The third-order valence-electron chi connectivity index (χ3n) is 4.07. The maximum atomic E-state index is 4.67.